The number of nitrogens with one attached hydrogen (secondary N) is 1. The Labute approximate surface area is 122 Å². The van der Waals surface area contributed by atoms with Gasteiger partial charge in [-0.1, -0.05) is 25.1 Å². The summed E-state index contributed by atoms with van der Waals surface area (Å²) in [7, 11) is 0. The van der Waals surface area contributed by atoms with Crippen molar-refractivity contribution in [3.8, 4) is 0 Å². The van der Waals surface area contributed by atoms with Gasteiger partial charge in [-0.05, 0) is 52.6 Å². The third-order valence-electron chi connectivity index (χ3n) is 3.43. The van der Waals surface area contributed by atoms with Crippen LogP contribution in [-0.2, 0) is 0 Å². The molecule has 0 bridgehead atoms. The Morgan fingerprint density at radius 2 is 1.74 bits per heavy atom. The van der Waals surface area contributed by atoms with Crippen molar-refractivity contribution in [1.29, 1.82) is 0 Å². The van der Waals surface area contributed by atoms with Crippen LogP contribution in [0, 0.1) is 20.8 Å². The molecule has 1 aromatic rings. The van der Waals surface area contributed by atoms with Gasteiger partial charge >= 0.3 is 0 Å². The monoisotopic (exact) mass is 281 g/mol. The van der Waals surface area contributed by atoms with Gasteiger partial charge in [0, 0.05) is 23.2 Å². The molecular formula is C15H27N3S. The molecule has 108 valence electrons. The highest BCUT2D eigenvalue weighted by Crippen LogP contribution is 2.18. The highest BCUT2D eigenvalue weighted by Gasteiger charge is 2.05. The van der Waals surface area contributed by atoms with Crippen LogP contribution < -0.4 is 5.32 Å². The van der Waals surface area contributed by atoms with Crippen molar-refractivity contribution in [3.05, 3.63) is 17.0 Å². The van der Waals surface area contributed by atoms with E-state index in [9.17, 15) is 0 Å². The molecule has 1 N–H and O–H groups in total. The van der Waals surface area contributed by atoms with Crippen LogP contribution in [0.2, 0.25) is 0 Å². The van der Waals surface area contributed by atoms with Gasteiger partial charge in [0.05, 0.1) is 0 Å². The summed E-state index contributed by atoms with van der Waals surface area (Å²) in [5.74, 6) is 1.11. The quantitative estimate of drug-likeness (QED) is 0.448. The molecule has 0 fully saturated rings. The summed E-state index contributed by atoms with van der Waals surface area (Å²) in [6.07, 6.45) is 3.75. The fraction of sp³-hybridized carbons (Fsp3) is 0.733. The number of hydrogen-bond donors (Lipinski definition) is 1. The second-order valence-electron chi connectivity index (χ2n) is 5.10. The highest BCUT2D eigenvalue weighted by atomic mass is 32.2. The first-order valence-electron chi connectivity index (χ1n) is 7.22. The molecule has 0 saturated heterocycles. The minimum absolute atomic E-state index is 0.634. The van der Waals surface area contributed by atoms with E-state index in [0.717, 1.165) is 28.8 Å². The van der Waals surface area contributed by atoms with E-state index in [4.69, 9.17) is 0 Å². The molecule has 0 spiro atoms. The van der Waals surface area contributed by atoms with E-state index in [1.165, 1.54) is 24.8 Å². The van der Waals surface area contributed by atoms with E-state index in [1.807, 2.05) is 0 Å². The first-order chi connectivity index (χ1) is 9.04. The van der Waals surface area contributed by atoms with Gasteiger partial charge in [0.15, 0.2) is 5.16 Å². The summed E-state index contributed by atoms with van der Waals surface area (Å²) in [6.45, 7) is 11.7. The fourth-order valence-electron chi connectivity index (χ4n) is 1.97. The number of aromatic nitrogens is 2. The van der Waals surface area contributed by atoms with Crippen molar-refractivity contribution in [2.24, 2.45) is 0 Å². The molecule has 1 unspecified atom stereocenters. The number of unbranched alkanes of at least 4 members (excludes halogenated alkanes) is 1. The van der Waals surface area contributed by atoms with E-state index >= 15 is 0 Å². The molecule has 1 heterocycles. The maximum absolute atomic E-state index is 4.54. The van der Waals surface area contributed by atoms with Gasteiger partial charge in [0.2, 0.25) is 0 Å². The van der Waals surface area contributed by atoms with E-state index in [1.54, 1.807) is 11.8 Å². The zero-order valence-corrected chi connectivity index (χ0v) is 13.7. The van der Waals surface area contributed by atoms with Crippen molar-refractivity contribution in [2.45, 2.75) is 65.1 Å². The second-order valence-corrected chi connectivity index (χ2v) is 6.17. The van der Waals surface area contributed by atoms with E-state index in [-0.39, 0.29) is 0 Å². The third-order valence-corrected chi connectivity index (χ3v) is 4.36. The SMILES string of the molecule is CCNC(C)CCCCSc1nc(C)c(C)c(C)n1. The largest absolute Gasteiger partial charge is 0.315 e. The number of aryl methyl sites for hydroxylation is 2. The Hall–Kier alpha value is -0.610. The van der Waals surface area contributed by atoms with Gasteiger partial charge in [-0.25, -0.2) is 9.97 Å². The molecule has 0 amide bonds. The summed E-state index contributed by atoms with van der Waals surface area (Å²) in [4.78, 5) is 9.07. The molecule has 0 aliphatic carbocycles. The topological polar surface area (TPSA) is 37.8 Å². The molecule has 4 heteroatoms. The molecule has 3 nitrogen and oxygen atoms in total. The summed E-state index contributed by atoms with van der Waals surface area (Å²) in [6, 6.07) is 0.634. The van der Waals surface area contributed by atoms with Crippen LogP contribution in [0.15, 0.2) is 5.16 Å². The van der Waals surface area contributed by atoms with Gasteiger partial charge < -0.3 is 5.32 Å². The smallest absolute Gasteiger partial charge is 0.187 e. The maximum atomic E-state index is 4.54. The van der Waals surface area contributed by atoms with Gasteiger partial charge in [0.25, 0.3) is 0 Å². The summed E-state index contributed by atoms with van der Waals surface area (Å²) in [5, 5.41) is 4.37. The van der Waals surface area contributed by atoms with Crippen LogP contribution in [0.4, 0.5) is 0 Å². The van der Waals surface area contributed by atoms with Crippen LogP contribution >= 0.6 is 11.8 Å². The van der Waals surface area contributed by atoms with Gasteiger partial charge in [0.1, 0.15) is 0 Å². The lowest BCUT2D eigenvalue weighted by molar-refractivity contribution is 0.510. The van der Waals surface area contributed by atoms with Crippen molar-refractivity contribution in [3.63, 3.8) is 0 Å². The zero-order chi connectivity index (χ0) is 14.3. The van der Waals surface area contributed by atoms with Crippen molar-refractivity contribution >= 4 is 11.8 Å². The molecular weight excluding hydrogens is 254 g/mol. The number of thioether (sulfide) groups is 1. The van der Waals surface area contributed by atoms with E-state index < -0.39 is 0 Å². The van der Waals surface area contributed by atoms with Crippen LogP contribution in [-0.4, -0.2) is 28.3 Å². The Morgan fingerprint density at radius 3 is 2.32 bits per heavy atom. The Bertz CT molecular complexity index is 370. The lowest BCUT2D eigenvalue weighted by Crippen LogP contribution is -2.25. The van der Waals surface area contributed by atoms with Crippen molar-refractivity contribution in [2.75, 3.05) is 12.3 Å². The first kappa shape index (κ1) is 16.4. The van der Waals surface area contributed by atoms with Crippen LogP contribution in [0.5, 0.6) is 0 Å². The molecule has 19 heavy (non-hydrogen) atoms. The standard InChI is InChI=1S/C15H27N3S/c1-6-16-11(2)9-7-8-10-19-15-17-13(4)12(3)14(5)18-15/h11,16H,6-10H2,1-5H3. The molecule has 1 aromatic heterocycles. The van der Waals surface area contributed by atoms with Crippen LogP contribution in [0.25, 0.3) is 0 Å². The van der Waals surface area contributed by atoms with Gasteiger partial charge in [-0.2, -0.15) is 0 Å². The first-order valence-corrected chi connectivity index (χ1v) is 8.21. The van der Waals surface area contributed by atoms with Gasteiger partial charge in [-0.15, -0.1) is 0 Å². The summed E-state index contributed by atoms with van der Waals surface area (Å²) >= 11 is 1.78. The Kier molecular flexibility index (Phi) is 7.39. The average Bonchev–Trinajstić information content (AvgIpc) is 2.35. The number of nitrogens with zero attached hydrogens (tertiary/aromatic N) is 2. The molecule has 1 atom stereocenters. The highest BCUT2D eigenvalue weighted by molar-refractivity contribution is 7.99. The molecule has 0 saturated carbocycles. The van der Waals surface area contributed by atoms with Gasteiger partial charge in [-0.3, -0.25) is 0 Å². The predicted molar refractivity (Wildman–Crippen MR) is 84.0 cm³/mol. The third kappa shape index (κ3) is 5.91. The van der Waals surface area contributed by atoms with Crippen LogP contribution in [0.3, 0.4) is 0 Å². The summed E-state index contributed by atoms with van der Waals surface area (Å²) < 4.78 is 0. The molecule has 1 rings (SSSR count). The van der Waals surface area contributed by atoms with Crippen LogP contribution in [0.1, 0.15) is 50.1 Å². The second kappa shape index (κ2) is 8.54. The lowest BCUT2D eigenvalue weighted by Gasteiger charge is -2.11. The maximum Gasteiger partial charge on any atom is 0.187 e. The number of rotatable bonds is 8. The minimum Gasteiger partial charge on any atom is -0.315 e. The molecule has 0 aliphatic rings. The van der Waals surface area contributed by atoms with E-state index in [2.05, 4.69) is 49.9 Å². The minimum atomic E-state index is 0.634. The van der Waals surface area contributed by atoms with Crippen molar-refractivity contribution < 1.29 is 0 Å². The average molecular weight is 281 g/mol. The molecule has 0 aliphatic heterocycles. The Balaban J connectivity index is 2.26. The van der Waals surface area contributed by atoms with Crippen molar-refractivity contribution in [1.82, 2.24) is 15.3 Å². The zero-order valence-electron chi connectivity index (χ0n) is 12.9. The van der Waals surface area contributed by atoms with E-state index in [0.29, 0.717) is 6.04 Å². The molecule has 0 radical (unpaired) electrons. The lowest BCUT2D eigenvalue weighted by atomic mass is 10.1. The Morgan fingerprint density at radius 1 is 1.11 bits per heavy atom. The summed E-state index contributed by atoms with van der Waals surface area (Å²) in [5.41, 5.74) is 3.43. The number of hydrogen-bond acceptors (Lipinski definition) is 4. The normalized spacial score (nSPS) is 12.7. The molecule has 0 aromatic carbocycles. The predicted octanol–water partition coefficient (Wildman–Crippen LogP) is 3.66. The fourth-order valence-corrected chi connectivity index (χ4v) is 2.91.